The summed E-state index contributed by atoms with van der Waals surface area (Å²) in [5.41, 5.74) is 2.48. The third-order valence-corrected chi connectivity index (χ3v) is 7.59. The van der Waals surface area contributed by atoms with E-state index in [1.165, 1.54) is 23.9 Å². The molecule has 0 fully saturated rings. The lowest BCUT2D eigenvalue weighted by Crippen LogP contribution is -2.20. The van der Waals surface area contributed by atoms with Gasteiger partial charge in [0.25, 0.3) is 5.56 Å². The Hall–Kier alpha value is -2.91. The number of hydrogen-bond acceptors (Lipinski definition) is 6. The lowest BCUT2D eigenvalue weighted by atomic mass is 10.1. The lowest BCUT2D eigenvalue weighted by Gasteiger charge is -2.09. The highest BCUT2D eigenvalue weighted by Gasteiger charge is 2.13. The van der Waals surface area contributed by atoms with E-state index in [0.717, 1.165) is 5.56 Å². The summed E-state index contributed by atoms with van der Waals surface area (Å²) in [5.74, 6) is 0.450. The van der Waals surface area contributed by atoms with Crippen LogP contribution in [0.2, 0.25) is 0 Å². The Labute approximate surface area is 191 Å². The van der Waals surface area contributed by atoms with E-state index in [2.05, 4.69) is 15.3 Å². The van der Waals surface area contributed by atoms with E-state index >= 15 is 0 Å². The zero-order chi connectivity index (χ0) is 23.1. The van der Waals surface area contributed by atoms with Crippen LogP contribution < -0.4 is 10.9 Å². The van der Waals surface area contributed by atoms with Crippen molar-refractivity contribution >= 4 is 33.2 Å². The van der Waals surface area contributed by atoms with Gasteiger partial charge in [-0.05, 0) is 43.2 Å². The molecule has 0 saturated heterocycles. The molecule has 168 valence electrons. The Kier molecular flexibility index (Phi) is 7.87. The Morgan fingerprint density at radius 1 is 1.09 bits per heavy atom. The largest absolute Gasteiger partial charge is 0.326 e. The predicted molar refractivity (Wildman–Crippen MR) is 127 cm³/mol. The highest BCUT2D eigenvalue weighted by molar-refractivity contribution is 7.98. The van der Waals surface area contributed by atoms with Gasteiger partial charge in [-0.1, -0.05) is 49.0 Å². The fourth-order valence-corrected chi connectivity index (χ4v) is 4.79. The standard InChI is InChI=1S/C23H25N3O4S2/c1-3-32(29,30)19-11-9-18(10-12-19)25-21(27)14-13-20-16(2)24-23(26-22(20)28)31-15-17-7-5-4-6-8-17/h4-12H,3,13-15H2,1-2H3,(H,25,27)(H,24,26,28). The number of nitrogens with one attached hydrogen (secondary N) is 2. The van der Waals surface area contributed by atoms with Gasteiger partial charge in [-0.25, -0.2) is 13.4 Å². The number of rotatable bonds is 9. The van der Waals surface area contributed by atoms with Gasteiger partial charge in [-0.2, -0.15) is 0 Å². The normalized spacial score (nSPS) is 11.3. The van der Waals surface area contributed by atoms with E-state index in [0.29, 0.717) is 27.9 Å². The summed E-state index contributed by atoms with van der Waals surface area (Å²) in [7, 11) is -3.28. The number of H-pyrrole nitrogens is 1. The second-order valence-electron chi connectivity index (χ2n) is 7.19. The van der Waals surface area contributed by atoms with Crippen LogP contribution in [-0.2, 0) is 26.8 Å². The molecule has 3 rings (SSSR count). The molecule has 0 aliphatic heterocycles. The Morgan fingerprint density at radius 2 is 1.78 bits per heavy atom. The van der Waals surface area contributed by atoms with E-state index in [1.807, 2.05) is 30.3 Å². The molecule has 0 bridgehead atoms. The number of aryl methyl sites for hydroxylation is 1. The minimum atomic E-state index is -3.28. The predicted octanol–water partition coefficient (Wildman–Crippen LogP) is 3.74. The number of aromatic amines is 1. The van der Waals surface area contributed by atoms with Gasteiger partial charge in [0.05, 0.1) is 10.6 Å². The van der Waals surface area contributed by atoms with Gasteiger partial charge in [-0.15, -0.1) is 0 Å². The number of amides is 1. The number of carbonyl (C=O) groups is 1. The van der Waals surface area contributed by atoms with Crippen molar-refractivity contribution in [2.75, 3.05) is 11.1 Å². The summed E-state index contributed by atoms with van der Waals surface area (Å²) < 4.78 is 23.7. The molecule has 1 heterocycles. The van der Waals surface area contributed by atoms with Crippen LogP contribution in [0, 0.1) is 6.92 Å². The summed E-state index contributed by atoms with van der Waals surface area (Å²) in [4.78, 5) is 32.3. The van der Waals surface area contributed by atoms with Crippen molar-refractivity contribution in [1.29, 1.82) is 0 Å². The van der Waals surface area contributed by atoms with Crippen molar-refractivity contribution in [2.45, 2.75) is 42.5 Å². The molecule has 1 amide bonds. The van der Waals surface area contributed by atoms with Crippen molar-refractivity contribution in [1.82, 2.24) is 9.97 Å². The van der Waals surface area contributed by atoms with Crippen LogP contribution in [0.1, 0.15) is 30.2 Å². The Bertz CT molecular complexity index is 1240. The first-order valence-corrected chi connectivity index (χ1v) is 12.8. The summed E-state index contributed by atoms with van der Waals surface area (Å²) in [6, 6.07) is 16.0. The zero-order valence-corrected chi connectivity index (χ0v) is 19.6. The molecule has 0 aliphatic rings. The smallest absolute Gasteiger partial charge is 0.254 e. The molecule has 0 aliphatic carbocycles. The van der Waals surface area contributed by atoms with Crippen molar-refractivity contribution in [3.8, 4) is 0 Å². The first-order chi connectivity index (χ1) is 15.3. The zero-order valence-electron chi connectivity index (χ0n) is 17.9. The molecule has 9 heteroatoms. The molecule has 0 radical (unpaired) electrons. The molecule has 0 spiro atoms. The molecule has 32 heavy (non-hydrogen) atoms. The highest BCUT2D eigenvalue weighted by atomic mass is 32.2. The number of sulfone groups is 1. The number of aromatic nitrogens is 2. The van der Waals surface area contributed by atoms with Crippen LogP contribution in [0.15, 0.2) is 69.4 Å². The molecule has 0 unspecified atom stereocenters. The van der Waals surface area contributed by atoms with Gasteiger partial charge in [0.2, 0.25) is 5.91 Å². The van der Waals surface area contributed by atoms with Crippen LogP contribution >= 0.6 is 11.8 Å². The molecule has 2 aromatic carbocycles. The minimum absolute atomic E-state index is 0.0180. The molecular formula is C23H25N3O4S2. The third kappa shape index (κ3) is 6.30. The van der Waals surface area contributed by atoms with Crippen molar-refractivity contribution in [3.05, 3.63) is 81.8 Å². The van der Waals surface area contributed by atoms with E-state index in [4.69, 9.17) is 0 Å². The van der Waals surface area contributed by atoms with Crippen molar-refractivity contribution < 1.29 is 13.2 Å². The van der Waals surface area contributed by atoms with Crippen LogP contribution in [-0.4, -0.2) is 30.0 Å². The molecule has 1 aromatic heterocycles. The fraction of sp³-hybridized carbons (Fsp3) is 0.261. The molecular weight excluding hydrogens is 446 g/mol. The number of thioether (sulfide) groups is 1. The van der Waals surface area contributed by atoms with Gasteiger partial charge >= 0.3 is 0 Å². The first-order valence-electron chi connectivity index (χ1n) is 10.2. The van der Waals surface area contributed by atoms with Gasteiger partial charge in [0, 0.05) is 29.1 Å². The SMILES string of the molecule is CCS(=O)(=O)c1ccc(NC(=O)CCc2c(C)nc(SCc3ccccc3)[nH]c2=O)cc1. The van der Waals surface area contributed by atoms with E-state index in [-0.39, 0.29) is 35.0 Å². The average molecular weight is 472 g/mol. The number of carbonyl (C=O) groups excluding carboxylic acids is 1. The second kappa shape index (κ2) is 10.6. The number of nitrogens with zero attached hydrogens (tertiary/aromatic N) is 1. The van der Waals surface area contributed by atoms with E-state index in [1.54, 1.807) is 26.0 Å². The van der Waals surface area contributed by atoms with Crippen molar-refractivity contribution in [3.63, 3.8) is 0 Å². The van der Waals surface area contributed by atoms with Gasteiger partial charge in [0.15, 0.2) is 15.0 Å². The van der Waals surface area contributed by atoms with Gasteiger partial charge in [-0.3, -0.25) is 9.59 Å². The second-order valence-corrected chi connectivity index (χ2v) is 10.4. The number of benzene rings is 2. The maximum atomic E-state index is 12.5. The van der Waals surface area contributed by atoms with Crippen molar-refractivity contribution in [2.24, 2.45) is 0 Å². The van der Waals surface area contributed by atoms with Gasteiger partial charge in [0.1, 0.15) is 0 Å². The fourth-order valence-electron chi connectivity index (χ4n) is 3.05. The Morgan fingerprint density at radius 3 is 2.41 bits per heavy atom. The van der Waals surface area contributed by atoms with E-state index in [9.17, 15) is 18.0 Å². The first kappa shape index (κ1) is 23.7. The highest BCUT2D eigenvalue weighted by Crippen LogP contribution is 2.19. The molecule has 3 aromatic rings. The maximum absolute atomic E-state index is 12.5. The lowest BCUT2D eigenvalue weighted by molar-refractivity contribution is -0.116. The Balaban J connectivity index is 1.58. The summed E-state index contributed by atoms with van der Waals surface area (Å²) in [5, 5.41) is 3.27. The van der Waals surface area contributed by atoms with Crippen LogP contribution in [0.5, 0.6) is 0 Å². The average Bonchev–Trinajstić information content (AvgIpc) is 2.78. The van der Waals surface area contributed by atoms with Gasteiger partial charge < -0.3 is 10.3 Å². The number of hydrogen-bond donors (Lipinski definition) is 2. The van der Waals surface area contributed by atoms with Crippen LogP contribution in [0.25, 0.3) is 0 Å². The molecule has 0 atom stereocenters. The molecule has 2 N–H and O–H groups in total. The van der Waals surface area contributed by atoms with E-state index < -0.39 is 9.84 Å². The summed E-state index contributed by atoms with van der Waals surface area (Å²) in [6.45, 7) is 3.35. The minimum Gasteiger partial charge on any atom is -0.326 e. The topological polar surface area (TPSA) is 109 Å². The third-order valence-electron chi connectivity index (χ3n) is 4.90. The monoisotopic (exact) mass is 471 g/mol. The van der Waals surface area contributed by atoms with Crippen LogP contribution in [0.3, 0.4) is 0 Å². The maximum Gasteiger partial charge on any atom is 0.254 e. The summed E-state index contributed by atoms with van der Waals surface area (Å²) >= 11 is 1.45. The quantitative estimate of drug-likeness (QED) is 0.364. The van der Waals surface area contributed by atoms with Crippen LogP contribution in [0.4, 0.5) is 5.69 Å². The molecule has 7 nitrogen and oxygen atoms in total. The summed E-state index contributed by atoms with van der Waals surface area (Å²) in [6.07, 6.45) is 0.364. The number of anilines is 1. The molecule has 0 saturated carbocycles.